The van der Waals surface area contributed by atoms with Crippen molar-refractivity contribution in [2.75, 3.05) is 0 Å². The predicted octanol–water partition coefficient (Wildman–Crippen LogP) is 5.24. The van der Waals surface area contributed by atoms with E-state index in [1.807, 2.05) is 84.9 Å². The SMILES string of the molecule is O=C1C(=Cc2ccc3[nH]cnc3c2)SC(=NCc2ccccc2)N1Cc1ccccc1. The standard InChI is InChI=1S/C25H20N4OS/c30-24-23(14-20-11-12-21-22(13-20)28-17-27-21)31-25(26-15-18-7-3-1-4-8-18)29(24)16-19-9-5-2-6-10-19/h1-14,17H,15-16H2,(H,27,28). The van der Waals surface area contributed by atoms with Crippen LogP contribution in [0, 0.1) is 0 Å². The number of rotatable bonds is 5. The molecule has 5 nitrogen and oxygen atoms in total. The molecular weight excluding hydrogens is 404 g/mol. The molecule has 1 aliphatic heterocycles. The Bertz CT molecular complexity index is 1280. The second-order valence-electron chi connectivity index (χ2n) is 7.25. The van der Waals surface area contributed by atoms with Crippen molar-refractivity contribution in [3.05, 3.63) is 107 Å². The number of thioether (sulfide) groups is 1. The molecule has 31 heavy (non-hydrogen) atoms. The highest BCUT2D eigenvalue weighted by atomic mass is 32.2. The predicted molar refractivity (Wildman–Crippen MR) is 126 cm³/mol. The van der Waals surface area contributed by atoms with E-state index >= 15 is 0 Å². The fourth-order valence-corrected chi connectivity index (χ4v) is 4.44. The Labute approximate surface area is 184 Å². The number of nitrogens with zero attached hydrogens (tertiary/aromatic N) is 3. The minimum absolute atomic E-state index is 0.0252. The third kappa shape index (κ3) is 4.29. The van der Waals surface area contributed by atoms with Gasteiger partial charge in [-0.1, -0.05) is 66.7 Å². The van der Waals surface area contributed by atoms with Crippen LogP contribution >= 0.6 is 11.8 Å². The lowest BCUT2D eigenvalue weighted by Gasteiger charge is -2.15. The molecule has 0 aliphatic carbocycles. The molecule has 5 rings (SSSR count). The maximum atomic E-state index is 13.3. The van der Waals surface area contributed by atoms with Gasteiger partial charge in [-0.15, -0.1) is 0 Å². The number of amides is 1. The third-order valence-corrected chi connectivity index (χ3v) is 6.10. The van der Waals surface area contributed by atoms with Gasteiger partial charge >= 0.3 is 0 Å². The van der Waals surface area contributed by atoms with Crippen LogP contribution in [-0.2, 0) is 17.9 Å². The van der Waals surface area contributed by atoms with Crippen molar-refractivity contribution in [2.24, 2.45) is 4.99 Å². The molecule has 0 saturated carbocycles. The summed E-state index contributed by atoms with van der Waals surface area (Å²) in [7, 11) is 0. The zero-order chi connectivity index (χ0) is 21.0. The molecule has 1 amide bonds. The van der Waals surface area contributed by atoms with Crippen LogP contribution in [0.4, 0.5) is 0 Å². The number of fused-ring (bicyclic) bond motifs is 1. The van der Waals surface area contributed by atoms with Gasteiger partial charge in [0.25, 0.3) is 5.91 Å². The molecular formula is C25H20N4OS. The number of carbonyl (C=O) groups is 1. The van der Waals surface area contributed by atoms with Crippen molar-refractivity contribution >= 4 is 39.9 Å². The lowest BCUT2D eigenvalue weighted by atomic mass is 10.2. The van der Waals surface area contributed by atoms with E-state index in [2.05, 4.69) is 9.97 Å². The normalized spacial score (nSPS) is 16.6. The summed E-state index contributed by atoms with van der Waals surface area (Å²) in [5.74, 6) is -0.0252. The molecule has 0 atom stereocenters. The maximum Gasteiger partial charge on any atom is 0.267 e. The summed E-state index contributed by atoms with van der Waals surface area (Å²) < 4.78 is 0. The molecule has 3 aromatic carbocycles. The number of benzene rings is 3. The first kappa shape index (κ1) is 19.3. The van der Waals surface area contributed by atoms with Crippen LogP contribution in [0.3, 0.4) is 0 Å². The number of H-pyrrole nitrogens is 1. The van der Waals surface area contributed by atoms with Crippen LogP contribution in [0.2, 0.25) is 0 Å². The lowest BCUT2D eigenvalue weighted by molar-refractivity contribution is -0.122. The van der Waals surface area contributed by atoms with Gasteiger partial charge < -0.3 is 4.98 Å². The van der Waals surface area contributed by atoms with E-state index in [4.69, 9.17) is 4.99 Å². The molecule has 1 aromatic heterocycles. The van der Waals surface area contributed by atoms with E-state index in [-0.39, 0.29) is 5.91 Å². The number of aromatic nitrogens is 2. The number of imidazole rings is 1. The highest BCUT2D eigenvalue weighted by Crippen LogP contribution is 2.34. The van der Waals surface area contributed by atoms with E-state index < -0.39 is 0 Å². The molecule has 6 heteroatoms. The Hall–Kier alpha value is -3.64. The first-order chi connectivity index (χ1) is 15.3. The number of aliphatic imine (C=N–C) groups is 1. The number of nitrogens with one attached hydrogen (secondary N) is 1. The van der Waals surface area contributed by atoms with Gasteiger partial charge in [-0.05, 0) is 46.7 Å². The lowest BCUT2D eigenvalue weighted by Crippen LogP contribution is -2.28. The number of carbonyl (C=O) groups excluding carboxylic acids is 1. The maximum absolute atomic E-state index is 13.3. The minimum atomic E-state index is -0.0252. The van der Waals surface area contributed by atoms with Crippen LogP contribution in [0.1, 0.15) is 16.7 Å². The second kappa shape index (κ2) is 8.62. The zero-order valence-electron chi connectivity index (χ0n) is 16.7. The fraction of sp³-hybridized carbons (Fsp3) is 0.0800. The molecule has 0 radical (unpaired) electrons. The Morgan fingerprint density at radius 2 is 1.71 bits per heavy atom. The van der Waals surface area contributed by atoms with Crippen LogP contribution in [0.5, 0.6) is 0 Å². The van der Waals surface area contributed by atoms with Gasteiger partial charge in [0, 0.05) is 0 Å². The Balaban J connectivity index is 1.46. The quantitative estimate of drug-likeness (QED) is 0.446. The summed E-state index contributed by atoms with van der Waals surface area (Å²) in [6.45, 7) is 1.03. The van der Waals surface area contributed by atoms with Gasteiger partial charge in [0.05, 0.1) is 35.4 Å². The Kier molecular flexibility index (Phi) is 5.37. The van der Waals surface area contributed by atoms with Crippen LogP contribution in [0.25, 0.3) is 17.1 Å². The molecule has 0 bridgehead atoms. The first-order valence-corrected chi connectivity index (χ1v) is 10.8. The highest BCUT2D eigenvalue weighted by Gasteiger charge is 2.33. The largest absolute Gasteiger partial charge is 0.345 e. The average Bonchev–Trinajstić information content (AvgIpc) is 3.39. The topological polar surface area (TPSA) is 61.4 Å². The van der Waals surface area contributed by atoms with Crippen molar-refractivity contribution in [2.45, 2.75) is 13.1 Å². The molecule has 0 unspecified atom stereocenters. The third-order valence-electron chi connectivity index (χ3n) is 5.05. The zero-order valence-corrected chi connectivity index (χ0v) is 17.5. The van der Waals surface area contributed by atoms with Crippen molar-refractivity contribution in [1.82, 2.24) is 14.9 Å². The van der Waals surface area contributed by atoms with Gasteiger partial charge in [0.15, 0.2) is 5.17 Å². The molecule has 152 valence electrons. The van der Waals surface area contributed by atoms with Crippen molar-refractivity contribution in [1.29, 1.82) is 0 Å². The first-order valence-electron chi connectivity index (χ1n) is 10.0. The summed E-state index contributed by atoms with van der Waals surface area (Å²) >= 11 is 1.43. The molecule has 1 fully saturated rings. The second-order valence-corrected chi connectivity index (χ2v) is 8.26. The van der Waals surface area contributed by atoms with E-state index in [1.54, 1.807) is 11.2 Å². The summed E-state index contributed by atoms with van der Waals surface area (Å²) in [6.07, 6.45) is 3.59. The smallest absolute Gasteiger partial charge is 0.267 e. The molecule has 1 N–H and O–H groups in total. The van der Waals surface area contributed by atoms with E-state index in [1.165, 1.54) is 11.8 Å². The molecule has 4 aromatic rings. The fourth-order valence-electron chi connectivity index (χ4n) is 3.46. The van der Waals surface area contributed by atoms with E-state index in [9.17, 15) is 4.79 Å². The van der Waals surface area contributed by atoms with Crippen molar-refractivity contribution < 1.29 is 4.79 Å². The van der Waals surface area contributed by atoms with E-state index in [0.717, 1.165) is 32.9 Å². The summed E-state index contributed by atoms with van der Waals surface area (Å²) in [5, 5.41) is 0.727. The summed E-state index contributed by atoms with van der Waals surface area (Å²) in [5.41, 5.74) is 4.99. The molecule has 2 heterocycles. The van der Waals surface area contributed by atoms with E-state index in [0.29, 0.717) is 18.0 Å². The number of amidine groups is 1. The van der Waals surface area contributed by atoms with Crippen LogP contribution in [0.15, 0.2) is 95.1 Å². The monoisotopic (exact) mass is 424 g/mol. The van der Waals surface area contributed by atoms with Gasteiger partial charge in [-0.25, -0.2) is 4.98 Å². The molecule has 0 spiro atoms. The van der Waals surface area contributed by atoms with Crippen LogP contribution in [-0.4, -0.2) is 25.9 Å². The van der Waals surface area contributed by atoms with Crippen molar-refractivity contribution in [3.63, 3.8) is 0 Å². The van der Waals surface area contributed by atoms with Gasteiger partial charge in [0.1, 0.15) is 0 Å². The number of hydrogen-bond donors (Lipinski definition) is 1. The van der Waals surface area contributed by atoms with Gasteiger partial charge in [0.2, 0.25) is 0 Å². The number of aromatic amines is 1. The summed E-state index contributed by atoms with van der Waals surface area (Å²) in [6, 6.07) is 26.0. The Morgan fingerprint density at radius 3 is 2.48 bits per heavy atom. The van der Waals surface area contributed by atoms with Crippen molar-refractivity contribution in [3.8, 4) is 0 Å². The van der Waals surface area contributed by atoms with Gasteiger partial charge in [-0.2, -0.15) is 0 Å². The number of hydrogen-bond acceptors (Lipinski definition) is 4. The average molecular weight is 425 g/mol. The summed E-state index contributed by atoms with van der Waals surface area (Å²) in [4.78, 5) is 27.9. The minimum Gasteiger partial charge on any atom is -0.345 e. The molecule has 1 saturated heterocycles. The molecule has 1 aliphatic rings. The Morgan fingerprint density at radius 1 is 0.968 bits per heavy atom. The van der Waals surface area contributed by atoms with Gasteiger partial charge in [-0.3, -0.25) is 14.7 Å². The van der Waals surface area contributed by atoms with Crippen LogP contribution < -0.4 is 0 Å². The highest BCUT2D eigenvalue weighted by molar-refractivity contribution is 8.18.